The maximum absolute atomic E-state index is 13.4. The Morgan fingerprint density at radius 2 is 2.03 bits per heavy atom. The van der Waals surface area contributed by atoms with Crippen molar-refractivity contribution in [2.75, 3.05) is 13.1 Å². The highest BCUT2D eigenvalue weighted by atomic mass is 35.5. The minimum absolute atomic E-state index is 0.0463. The SMILES string of the molecule is O=C(NCc1ccc(F)c(Cl)c1Cl)c1c[nH]c(C(=O)N2CCCC3CC3C2)c(O)c1=O. The predicted octanol–water partition coefficient (Wildman–Crippen LogP) is 3.33. The molecule has 1 saturated carbocycles. The fourth-order valence-electron chi connectivity index (χ4n) is 3.97. The van der Waals surface area contributed by atoms with Gasteiger partial charge in [0.2, 0.25) is 5.43 Å². The Morgan fingerprint density at radius 3 is 2.81 bits per heavy atom. The molecule has 1 aromatic carbocycles. The molecule has 2 unspecified atom stereocenters. The van der Waals surface area contributed by atoms with Crippen molar-refractivity contribution in [2.24, 2.45) is 11.8 Å². The Bertz CT molecular complexity index is 1120. The Hall–Kier alpha value is -2.58. The third-order valence-electron chi connectivity index (χ3n) is 5.88. The number of hydrogen-bond acceptors (Lipinski definition) is 4. The first-order chi connectivity index (χ1) is 14.8. The summed E-state index contributed by atoms with van der Waals surface area (Å²) in [4.78, 5) is 42.0. The van der Waals surface area contributed by atoms with Crippen molar-refractivity contribution in [1.82, 2.24) is 15.2 Å². The summed E-state index contributed by atoms with van der Waals surface area (Å²) in [5.74, 6) is -1.58. The lowest BCUT2D eigenvalue weighted by Crippen LogP contribution is -2.35. The summed E-state index contributed by atoms with van der Waals surface area (Å²) in [7, 11) is 0. The van der Waals surface area contributed by atoms with Crippen molar-refractivity contribution in [3.63, 3.8) is 0 Å². The van der Waals surface area contributed by atoms with E-state index in [1.807, 2.05) is 0 Å². The normalized spacial score (nSPS) is 20.0. The highest BCUT2D eigenvalue weighted by molar-refractivity contribution is 6.42. The molecule has 3 N–H and O–H groups in total. The van der Waals surface area contributed by atoms with Crippen LogP contribution < -0.4 is 10.7 Å². The molecule has 164 valence electrons. The van der Waals surface area contributed by atoms with Gasteiger partial charge in [0.1, 0.15) is 11.4 Å². The fourth-order valence-corrected chi connectivity index (χ4v) is 4.38. The van der Waals surface area contributed by atoms with Crippen LogP contribution >= 0.6 is 23.2 Å². The number of carbonyl (C=O) groups is 2. The second-order valence-electron chi connectivity index (χ2n) is 7.92. The van der Waals surface area contributed by atoms with E-state index < -0.39 is 28.8 Å². The first kappa shape index (κ1) is 21.6. The van der Waals surface area contributed by atoms with Crippen molar-refractivity contribution in [3.05, 3.63) is 61.2 Å². The molecule has 0 radical (unpaired) electrons. The molecular weight excluding hydrogens is 448 g/mol. The van der Waals surface area contributed by atoms with Crippen LogP contribution in [0.1, 0.15) is 45.7 Å². The molecule has 1 aromatic heterocycles. The molecule has 0 spiro atoms. The van der Waals surface area contributed by atoms with E-state index in [0.29, 0.717) is 30.5 Å². The van der Waals surface area contributed by atoms with Crippen LogP contribution in [-0.4, -0.2) is 39.9 Å². The number of aromatic nitrogens is 1. The van der Waals surface area contributed by atoms with Gasteiger partial charge in [-0.3, -0.25) is 14.4 Å². The molecule has 2 atom stereocenters. The fraction of sp³-hybridized carbons (Fsp3) is 0.381. The summed E-state index contributed by atoms with van der Waals surface area (Å²) >= 11 is 11.7. The molecule has 2 fully saturated rings. The zero-order chi connectivity index (χ0) is 22.3. The third-order valence-corrected chi connectivity index (χ3v) is 6.78. The number of aromatic hydroxyl groups is 1. The first-order valence-corrected chi connectivity index (χ1v) is 10.7. The summed E-state index contributed by atoms with van der Waals surface area (Å²) < 4.78 is 13.4. The molecule has 1 aliphatic carbocycles. The smallest absolute Gasteiger partial charge is 0.274 e. The lowest BCUT2D eigenvalue weighted by Gasteiger charge is -2.21. The number of amides is 2. The standard InChI is InChI=1S/C21H20Cl2FN3O4/c22-15-11(3-4-14(24)16(15)23)7-26-20(30)13-8-25-17(19(29)18(13)28)21(31)27-5-1-2-10-6-12(10)9-27/h3-4,8,10,12,29H,1-2,5-7,9H2,(H,25,28)(H,26,30). The predicted molar refractivity (Wildman–Crippen MR) is 113 cm³/mol. The van der Waals surface area contributed by atoms with Gasteiger partial charge in [-0.1, -0.05) is 29.3 Å². The van der Waals surface area contributed by atoms with Crippen molar-refractivity contribution in [3.8, 4) is 5.75 Å². The van der Waals surface area contributed by atoms with E-state index in [4.69, 9.17) is 23.2 Å². The minimum Gasteiger partial charge on any atom is -0.503 e. The molecule has 2 aromatic rings. The number of halogens is 3. The molecule has 2 aliphatic rings. The first-order valence-electron chi connectivity index (χ1n) is 9.92. The van der Waals surface area contributed by atoms with Crippen LogP contribution in [0.3, 0.4) is 0 Å². The number of likely N-dealkylation sites (tertiary alicyclic amines) is 1. The molecule has 2 heterocycles. The van der Waals surface area contributed by atoms with Gasteiger partial charge in [0.05, 0.1) is 10.0 Å². The quantitative estimate of drug-likeness (QED) is 0.600. The van der Waals surface area contributed by atoms with E-state index in [1.54, 1.807) is 4.90 Å². The highest BCUT2D eigenvalue weighted by Gasteiger charge is 2.41. The number of H-pyrrole nitrogens is 1. The van der Waals surface area contributed by atoms with Gasteiger partial charge in [0, 0.05) is 25.8 Å². The van der Waals surface area contributed by atoms with E-state index in [-0.39, 0.29) is 27.8 Å². The van der Waals surface area contributed by atoms with Gasteiger partial charge in [0.15, 0.2) is 11.4 Å². The summed E-state index contributed by atoms with van der Waals surface area (Å²) in [6.45, 7) is 1.06. The Kier molecular flexibility index (Phi) is 5.94. The second-order valence-corrected chi connectivity index (χ2v) is 8.68. The zero-order valence-electron chi connectivity index (χ0n) is 16.4. The van der Waals surface area contributed by atoms with E-state index in [1.165, 1.54) is 6.07 Å². The summed E-state index contributed by atoms with van der Waals surface area (Å²) in [5, 5.41) is 12.5. The average Bonchev–Trinajstić information content (AvgIpc) is 3.51. The number of rotatable bonds is 4. The molecule has 31 heavy (non-hydrogen) atoms. The van der Waals surface area contributed by atoms with Gasteiger partial charge in [-0.05, 0) is 42.7 Å². The Morgan fingerprint density at radius 1 is 1.26 bits per heavy atom. The van der Waals surface area contributed by atoms with Crippen molar-refractivity contribution in [2.45, 2.75) is 25.8 Å². The molecule has 0 bridgehead atoms. The third kappa shape index (κ3) is 4.27. The topological polar surface area (TPSA) is 102 Å². The van der Waals surface area contributed by atoms with Crippen LogP contribution in [-0.2, 0) is 6.54 Å². The number of aromatic amines is 1. The van der Waals surface area contributed by atoms with Crippen LogP contribution in [0.2, 0.25) is 10.0 Å². The van der Waals surface area contributed by atoms with Gasteiger partial charge >= 0.3 is 0 Å². The number of pyridine rings is 1. The van der Waals surface area contributed by atoms with Crippen molar-refractivity contribution >= 4 is 35.0 Å². The summed E-state index contributed by atoms with van der Waals surface area (Å²) in [5.41, 5.74) is -1.19. The number of nitrogens with one attached hydrogen (secondary N) is 2. The van der Waals surface area contributed by atoms with Gasteiger partial charge < -0.3 is 20.3 Å². The van der Waals surface area contributed by atoms with Gasteiger partial charge in [0.25, 0.3) is 11.8 Å². The number of nitrogens with zero attached hydrogens (tertiary/aromatic N) is 1. The molecular formula is C21H20Cl2FN3O4. The molecule has 10 heteroatoms. The monoisotopic (exact) mass is 467 g/mol. The van der Waals surface area contributed by atoms with Crippen LogP contribution in [0.15, 0.2) is 23.1 Å². The average molecular weight is 468 g/mol. The molecule has 1 saturated heterocycles. The lowest BCUT2D eigenvalue weighted by atomic mass is 10.1. The van der Waals surface area contributed by atoms with E-state index >= 15 is 0 Å². The highest BCUT2D eigenvalue weighted by Crippen LogP contribution is 2.44. The molecule has 7 nitrogen and oxygen atoms in total. The maximum Gasteiger partial charge on any atom is 0.274 e. The molecule has 1 aliphatic heterocycles. The van der Waals surface area contributed by atoms with Crippen molar-refractivity contribution < 1.29 is 19.1 Å². The van der Waals surface area contributed by atoms with Gasteiger partial charge in [-0.25, -0.2) is 4.39 Å². The number of carbonyl (C=O) groups excluding carboxylic acids is 2. The molecule has 4 rings (SSSR count). The maximum atomic E-state index is 13.4. The second kappa shape index (κ2) is 8.51. The molecule has 2 amide bonds. The number of hydrogen-bond donors (Lipinski definition) is 3. The summed E-state index contributed by atoms with van der Waals surface area (Å²) in [6, 6.07) is 2.47. The number of fused-ring (bicyclic) bond motifs is 1. The van der Waals surface area contributed by atoms with Crippen LogP contribution in [0.5, 0.6) is 5.75 Å². The zero-order valence-corrected chi connectivity index (χ0v) is 17.9. The largest absolute Gasteiger partial charge is 0.503 e. The minimum atomic E-state index is -0.957. The van der Waals surface area contributed by atoms with Crippen LogP contribution in [0.4, 0.5) is 4.39 Å². The van der Waals surface area contributed by atoms with Gasteiger partial charge in [-0.15, -0.1) is 0 Å². The number of benzene rings is 1. The van der Waals surface area contributed by atoms with E-state index in [2.05, 4.69) is 10.3 Å². The van der Waals surface area contributed by atoms with Gasteiger partial charge in [-0.2, -0.15) is 0 Å². The van der Waals surface area contributed by atoms with E-state index in [0.717, 1.165) is 31.5 Å². The van der Waals surface area contributed by atoms with E-state index in [9.17, 15) is 23.9 Å². The van der Waals surface area contributed by atoms with Crippen LogP contribution in [0.25, 0.3) is 0 Å². The van der Waals surface area contributed by atoms with Crippen molar-refractivity contribution in [1.29, 1.82) is 0 Å². The lowest BCUT2D eigenvalue weighted by molar-refractivity contribution is 0.0742. The Labute approximate surface area is 187 Å². The summed E-state index contributed by atoms with van der Waals surface area (Å²) in [6.07, 6.45) is 4.17. The Balaban J connectivity index is 1.49. The van der Waals surface area contributed by atoms with Crippen LogP contribution in [0, 0.1) is 17.7 Å².